The average Bonchev–Trinajstić information content (AvgIpc) is 2.75. The molecule has 2 aromatic rings. The molecule has 0 radical (unpaired) electrons. The van der Waals surface area contributed by atoms with Crippen molar-refractivity contribution in [3.8, 4) is 11.1 Å². The van der Waals surface area contributed by atoms with Crippen LogP contribution >= 0.6 is 0 Å². The van der Waals surface area contributed by atoms with Gasteiger partial charge in [0.15, 0.2) is 0 Å². The Morgan fingerprint density at radius 2 is 1.57 bits per heavy atom. The highest BCUT2D eigenvalue weighted by Crippen LogP contribution is 2.37. The first-order chi connectivity index (χ1) is 10.8. The molecule has 1 heterocycles. The van der Waals surface area contributed by atoms with E-state index in [1.165, 1.54) is 0 Å². The maximum Gasteiger partial charge on any atom is 0.495 e. The van der Waals surface area contributed by atoms with Gasteiger partial charge in [-0.2, -0.15) is 0 Å². The molecule has 1 aliphatic rings. The van der Waals surface area contributed by atoms with Crippen LogP contribution in [0.4, 0.5) is 0 Å². The standard InChI is InChI=1S/C19H23BO3/c1-18(2)19(3,4)23-20(22-18)17-11-6-5-10-16(17)15-9-7-8-14(12-15)13-21/h5-12,21H,13H2,1-4H3. The van der Waals surface area contributed by atoms with E-state index in [1.807, 2.05) is 42.5 Å². The van der Waals surface area contributed by atoms with Gasteiger partial charge in [0.25, 0.3) is 0 Å². The van der Waals surface area contributed by atoms with E-state index < -0.39 is 7.12 Å². The van der Waals surface area contributed by atoms with Crippen molar-refractivity contribution >= 4 is 12.6 Å². The number of hydrogen-bond acceptors (Lipinski definition) is 3. The molecular weight excluding hydrogens is 287 g/mol. The van der Waals surface area contributed by atoms with Crippen LogP contribution < -0.4 is 5.46 Å². The molecule has 3 nitrogen and oxygen atoms in total. The molecule has 0 bridgehead atoms. The molecule has 0 amide bonds. The summed E-state index contributed by atoms with van der Waals surface area (Å²) in [7, 11) is -0.394. The Bertz CT molecular complexity index is 693. The lowest BCUT2D eigenvalue weighted by Gasteiger charge is -2.32. The van der Waals surface area contributed by atoms with Gasteiger partial charge in [-0.05, 0) is 55.9 Å². The summed E-state index contributed by atoms with van der Waals surface area (Å²) in [5, 5.41) is 9.38. The summed E-state index contributed by atoms with van der Waals surface area (Å²) in [5.74, 6) is 0. The zero-order valence-electron chi connectivity index (χ0n) is 14.2. The van der Waals surface area contributed by atoms with Gasteiger partial charge in [0.05, 0.1) is 17.8 Å². The smallest absolute Gasteiger partial charge is 0.399 e. The zero-order valence-corrected chi connectivity index (χ0v) is 14.2. The molecule has 3 rings (SSSR count). The number of hydrogen-bond donors (Lipinski definition) is 1. The highest BCUT2D eigenvalue weighted by atomic mass is 16.7. The summed E-state index contributed by atoms with van der Waals surface area (Å²) in [6, 6.07) is 16.0. The number of aliphatic hydroxyl groups is 1. The van der Waals surface area contributed by atoms with Crippen molar-refractivity contribution in [2.45, 2.75) is 45.5 Å². The van der Waals surface area contributed by atoms with E-state index in [0.717, 1.165) is 22.2 Å². The predicted octanol–water partition coefficient (Wildman–Crippen LogP) is 3.15. The van der Waals surface area contributed by atoms with Gasteiger partial charge in [-0.25, -0.2) is 0 Å². The Morgan fingerprint density at radius 1 is 0.913 bits per heavy atom. The van der Waals surface area contributed by atoms with Crippen molar-refractivity contribution in [3.63, 3.8) is 0 Å². The first-order valence-electron chi connectivity index (χ1n) is 7.99. The van der Waals surface area contributed by atoms with Crippen molar-refractivity contribution in [1.29, 1.82) is 0 Å². The van der Waals surface area contributed by atoms with Gasteiger partial charge >= 0.3 is 7.12 Å². The molecule has 0 unspecified atom stereocenters. The van der Waals surface area contributed by atoms with E-state index in [1.54, 1.807) is 0 Å². The SMILES string of the molecule is CC1(C)OB(c2ccccc2-c2cccc(CO)c2)OC1(C)C. The maximum absolute atomic E-state index is 9.38. The van der Waals surface area contributed by atoms with Crippen LogP contribution in [0.25, 0.3) is 11.1 Å². The molecule has 23 heavy (non-hydrogen) atoms. The molecule has 1 N–H and O–H groups in total. The molecule has 1 aliphatic heterocycles. The van der Waals surface area contributed by atoms with Gasteiger partial charge in [-0.3, -0.25) is 0 Å². The fraction of sp³-hybridized carbons (Fsp3) is 0.368. The Balaban J connectivity index is 2.02. The third-order valence-corrected chi connectivity index (χ3v) is 4.89. The number of benzene rings is 2. The normalized spacial score (nSPS) is 19.1. The average molecular weight is 310 g/mol. The van der Waals surface area contributed by atoms with Crippen LogP contribution in [0.2, 0.25) is 0 Å². The molecule has 0 spiro atoms. The summed E-state index contributed by atoms with van der Waals surface area (Å²) in [6.45, 7) is 8.26. The lowest BCUT2D eigenvalue weighted by atomic mass is 9.74. The Labute approximate surface area is 138 Å². The lowest BCUT2D eigenvalue weighted by Crippen LogP contribution is -2.41. The fourth-order valence-electron chi connectivity index (χ4n) is 2.77. The largest absolute Gasteiger partial charge is 0.495 e. The molecule has 1 saturated heterocycles. The third-order valence-electron chi connectivity index (χ3n) is 4.89. The van der Waals surface area contributed by atoms with Gasteiger partial charge in [0.2, 0.25) is 0 Å². The Morgan fingerprint density at radius 3 is 2.22 bits per heavy atom. The summed E-state index contributed by atoms with van der Waals surface area (Å²) >= 11 is 0. The van der Waals surface area contributed by atoms with Crippen molar-refractivity contribution in [1.82, 2.24) is 0 Å². The molecular formula is C19H23BO3. The van der Waals surface area contributed by atoms with E-state index >= 15 is 0 Å². The zero-order chi connectivity index (χ0) is 16.7. The van der Waals surface area contributed by atoms with E-state index in [9.17, 15) is 5.11 Å². The van der Waals surface area contributed by atoms with Crippen LogP contribution in [0.3, 0.4) is 0 Å². The van der Waals surface area contributed by atoms with Crippen LogP contribution in [0, 0.1) is 0 Å². The summed E-state index contributed by atoms with van der Waals surface area (Å²) in [5.41, 5.74) is 3.31. The number of rotatable bonds is 3. The molecule has 120 valence electrons. The first kappa shape index (κ1) is 16.3. The molecule has 1 fully saturated rings. The monoisotopic (exact) mass is 310 g/mol. The van der Waals surface area contributed by atoms with Crippen LogP contribution in [0.5, 0.6) is 0 Å². The van der Waals surface area contributed by atoms with E-state index in [0.29, 0.717) is 0 Å². The highest BCUT2D eigenvalue weighted by Gasteiger charge is 2.52. The van der Waals surface area contributed by atoms with Crippen molar-refractivity contribution in [2.24, 2.45) is 0 Å². The third kappa shape index (κ3) is 2.94. The summed E-state index contributed by atoms with van der Waals surface area (Å²) in [4.78, 5) is 0. The fourth-order valence-corrected chi connectivity index (χ4v) is 2.77. The van der Waals surface area contributed by atoms with Crippen LogP contribution in [-0.2, 0) is 15.9 Å². The van der Waals surface area contributed by atoms with Crippen LogP contribution in [0.15, 0.2) is 48.5 Å². The van der Waals surface area contributed by atoms with Crippen LogP contribution in [0.1, 0.15) is 33.3 Å². The van der Waals surface area contributed by atoms with Crippen LogP contribution in [-0.4, -0.2) is 23.4 Å². The first-order valence-corrected chi connectivity index (χ1v) is 7.99. The minimum atomic E-state index is -0.394. The van der Waals surface area contributed by atoms with Crippen molar-refractivity contribution in [2.75, 3.05) is 0 Å². The number of aliphatic hydroxyl groups excluding tert-OH is 1. The van der Waals surface area contributed by atoms with Gasteiger partial charge in [0.1, 0.15) is 0 Å². The van der Waals surface area contributed by atoms with E-state index in [-0.39, 0.29) is 17.8 Å². The topological polar surface area (TPSA) is 38.7 Å². The molecule has 0 saturated carbocycles. The molecule has 0 aromatic heterocycles. The maximum atomic E-state index is 9.38. The van der Waals surface area contributed by atoms with E-state index in [2.05, 4.69) is 33.8 Å². The van der Waals surface area contributed by atoms with Crippen molar-refractivity contribution in [3.05, 3.63) is 54.1 Å². The minimum absolute atomic E-state index is 0.0342. The minimum Gasteiger partial charge on any atom is -0.399 e. The Hall–Kier alpha value is -1.62. The second kappa shape index (κ2) is 5.79. The van der Waals surface area contributed by atoms with Gasteiger partial charge < -0.3 is 14.4 Å². The van der Waals surface area contributed by atoms with Gasteiger partial charge in [0, 0.05) is 0 Å². The van der Waals surface area contributed by atoms with Crippen molar-refractivity contribution < 1.29 is 14.4 Å². The molecule has 0 atom stereocenters. The Kier molecular flexibility index (Phi) is 4.09. The van der Waals surface area contributed by atoms with Gasteiger partial charge in [-0.1, -0.05) is 42.5 Å². The second-order valence-corrected chi connectivity index (χ2v) is 7.03. The quantitative estimate of drug-likeness (QED) is 0.885. The molecule has 4 heteroatoms. The summed E-state index contributed by atoms with van der Waals surface area (Å²) < 4.78 is 12.4. The predicted molar refractivity (Wildman–Crippen MR) is 93.5 cm³/mol. The van der Waals surface area contributed by atoms with E-state index in [4.69, 9.17) is 9.31 Å². The second-order valence-electron chi connectivity index (χ2n) is 7.03. The van der Waals surface area contributed by atoms with Gasteiger partial charge in [-0.15, -0.1) is 0 Å². The highest BCUT2D eigenvalue weighted by molar-refractivity contribution is 6.63. The summed E-state index contributed by atoms with van der Waals surface area (Å²) in [6.07, 6.45) is 0. The molecule has 2 aromatic carbocycles. The molecule has 0 aliphatic carbocycles. The lowest BCUT2D eigenvalue weighted by molar-refractivity contribution is 0.00578.